The van der Waals surface area contributed by atoms with E-state index in [1.165, 1.54) is 12.3 Å². The number of fused-ring (bicyclic) bond motifs is 1. The first-order valence-corrected chi connectivity index (χ1v) is 4.68. The molecule has 0 aliphatic rings. The van der Waals surface area contributed by atoms with Gasteiger partial charge < -0.3 is 10.1 Å². The maximum Gasteiger partial charge on any atom is 0.337 e. The summed E-state index contributed by atoms with van der Waals surface area (Å²) in [7, 11) is 0. The normalized spacial score (nSPS) is 11.0. The maximum absolute atomic E-state index is 10.9. The minimum atomic E-state index is -0.970. The first kappa shape index (κ1) is 10.2. The van der Waals surface area contributed by atoms with E-state index in [2.05, 4.69) is 4.98 Å². The van der Waals surface area contributed by atoms with Crippen molar-refractivity contribution in [1.82, 2.24) is 4.98 Å². The summed E-state index contributed by atoms with van der Waals surface area (Å²) in [5, 5.41) is 9.58. The van der Waals surface area contributed by atoms with Gasteiger partial charge in [-0.05, 0) is 23.8 Å². The first-order chi connectivity index (χ1) is 7.72. The summed E-state index contributed by atoms with van der Waals surface area (Å²) >= 11 is 0. The molecule has 16 heavy (non-hydrogen) atoms. The molecule has 0 amide bonds. The molecule has 0 aliphatic carbocycles. The Balaban J connectivity index is 2.58. The number of aromatic nitrogens is 1. The zero-order chi connectivity index (χ0) is 11.5. The lowest BCUT2D eigenvalue weighted by Gasteiger charge is -1.95. The van der Waals surface area contributed by atoms with E-state index in [0.717, 1.165) is 11.1 Å². The number of allylic oxidation sites excluding steroid dienone is 1. The van der Waals surface area contributed by atoms with Crippen molar-refractivity contribution in [2.75, 3.05) is 0 Å². The van der Waals surface area contributed by atoms with Crippen LogP contribution in [0.5, 0.6) is 0 Å². The average Bonchev–Trinajstić information content (AvgIpc) is 2.69. The zero-order valence-electron chi connectivity index (χ0n) is 8.31. The van der Waals surface area contributed by atoms with Crippen LogP contribution in [-0.4, -0.2) is 22.3 Å². The van der Waals surface area contributed by atoms with E-state index in [9.17, 15) is 9.59 Å². The van der Waals surface area contributed by atoms with Gasteiger partial charge in [0.05, 0.1) is 5.56 Å². The number of rotatable bonds is 3. The molecular formula is C12H9NO3. The van der Waals surface area contributed by atoms with Crippen LogP contribution < -0.4 is 0 Å². The standard InChI is InChI=1S/C12H9NO3/c14-5-1-2-8-3-4-11-9(6-8)10(7-13-11)12(15)16/h1-7,13H,(H,15,16). The number of H-pyrrole nitrogens is 1. The fraction of sp³-hybridized carbons (Fsp3) is 0. The van der Waals surface area contributed by atoms with Gasteiger partial charge in [0.1, 0.15) is 6.29 Å². The highest BCUT2D eigenvalue weighted by Crippen LogP contribution is 2.20. The maximum atomic E-state index is 10.9. The van der Waals surface area contributed by atoms with Crippen LogP contribution in [0.4, 0.5) is 0 Å². The highest BCUT2D eigenvalue weighted by molar-refractivity contribution is 6.03. The smallest absolute Gasteiger partial charge is 0.337 e. The Bertz CT molecular complexity index is 581. The van der Waals surface area contributed by atoms with Crippen molar-refractivity contribution in [2.45, 2.75) is 0 Å². The number of nitrogens with one attached hydrogen (secondary N) is 1. The van der Waals surface area contributed by atoms with Crippen molar-refractivity contribution in [2.24, 2.45) is 0 Å². The molecule has 4 nitrogen and oxygen atoms in total. The molecule has 1 heterocycles. The molecule has 0 fully saturated rings. The van der Waals surface area contributed by atoms with Crippen molar-refractivity contribution < 1.29 is 14.7 Å². The third kappa shape index (κ3) is 1.72. The SMILES string of the molecule is O=CC=Cc1ccc2[nH]cc(C(=O)O)c2c1. The lowest BCUT2D eigenvalue weighted by Crippen LogP contribution is -1.93. The number of carboxylic acids is 1. The molecule has 2 rings (SSSR count). The summed E-state index contributed by atoms with van der Waals surface area (Å²) < 4.78 is 0. The van der Waals surface area contributed by atoms with Crippen molar-refractivity contribution in [1.29, 1.82) is 0 Å². The Kier molecular flexibility index (Phi) is 2.55. The van der Waals surface area contributed by atoms with Crippen LogP contribution in [-0.2, 0) is 4.79 Å². The van der Waals surface area contributed by atoms with Gasteiger partial charge >= 0.3 is 5.97 Å². The van der Waals surface area contributed by atoms with Gasteiger partial charge in [-0.1, -0.05) is 12.1 Å². The number of benzene rings is 1. The molecule has 0 unspecified atom stereocenters. The molecule has 0 saturated carbocycles. The van der Waals surface area contributed by atoms with Gasteiger partial charge in [-0.2, -0.15) is 0 Å². The third-order valence-electron chi connectivity index (χ3n) is 2.30. The van der Waals surface area contributed by atoms with Gasteiger partial charge in [-0.3, -0.25) is 4.79 Å². The van der Waals surface area contributed by atoms with Crippen LogP contribution in [0, 0.1) is 0 Å². The monoisotopic (exact) mass is 215 g/mol. The van der Waals surface area contributed by atoms with Crippen molar-refractivity contribution in [3.63, 3.8) is 0 Å². The zero-order valence-corrected chi connectivity index (χ0v) is 8.31. The number of aromatic amines is 1. The molecule has 1 aromatic heterocycles. The van der Waals surface area contributed by atoms with Crippen LogP contribution in [0.1, 0.15) is 15.9 Å². The van der Waals surface area contributed by atoms with Gasteiger partial charge in [0.2, 0.25) is 0 Å². The second-order valence-corrected chi connectivity index (χ2v) is 3.31. The predicted octanol–water partition coefficient (Wildman–Crippen LogP) is 2.08. The number of carbonyl (C=O) groups excluding carboxylic acids is 1. The second kappa shape index (κ2) is 4.02. The van der Waals surface area contributed by atoms with E-state index in [0.29, 0.717) is 11.7 Å². The molecule has 0 saturated heterocycles. The summed E-state index contributed by atoms with van der Waals surface area (Å²) in [5.74, 6) is -0.970. The Morgan fingerprint density at radius 1 is 1.38 bits per heavy atom. The quantitative estimate of drug-likeness (QED) is 0.608. The molecule has 2 aromatic rings. The molecule has 0 spiro atoms. The van der Waals surface area contributed by atoms with Crippen LogP contribution >= 0.6 is 0 Å². The van der Waals surface area contributed by atoms with Crippen molar-refractivity contribution in [3.8, 4) is 0 Å². The van der Waals surface area contributed by atoms with Crippen LogP contribution in [0.25, 0.3) is 17.0 Å². The van der Waals surface area contributed by atoms with E-state index < -0.39 is 5.97 Å². The van der Waals surface area contributed by atoms with Gasteiger partial charge in [0, 0.05) is 17.1 Å². The summed E-state index contributed by atoms with van der Waals surface area (Å²) in [6, 6.07) is 5.33. The number of carbonyl (C=O) groups is 2. The van der Waals surface area contributed by atoms with Gasteiger partial charge in [0.25, 0.3) is 0 Å². The number of aldehydes is 1. The minimum Gasteiger partial charge on any atom is -0.478 e. The lowest BCUT2D eigenvalue weighted by atomic mass is 10.1. The summed E-state index contributed by atoms with van der Waals surface area (Å²) in [6.07, 6.45) is 5.14. The Morgan fingerprint density at radius 2 is 2.19 bits per heavy atom. The topological polar surface area (TPSA) is 70.2 Å². The fourth-order valence-electron chi connectivity index (χ4n) is 1.57. The van der Waals surface area contributed by atoms with Crippen molar-refractivity contribution >= 4 is 29.2 Å². The van der Waals surface area contributed by atoms with Gasteiger partial charge in [-0.15, -0.1) is 0 Å². The van der Waals surface area contributed by atoms with E-state index in [4.69, 9.17) is 5.11 Å². The molecule has 0 bridgehead atoms. The van der Waals surface area contributed by atoms with E-state index in [-0.39, 0.29) is 5.56 Å². The number of hydrogen-bond acceptors (Lipinski definition) is 2. The molecule has 4 heteroatoms. The Morgan fingerprint density at radius 3 is 2.88 bits per heavy atom. The summed E-state index contributed by atoms with van der Waals surface area (Å²) in [6.45, 7) is 0. The van der Waals surface area contributed by atoms with Crippen LogP contribution in [0.3, 0.4) is 0 Å². The molecule has 1 aromatic carbocycles. The molecule has 0 radical (unpaired) electrons. The Hall–Kier alpha value is -2.36. The van der Waals surface area contributed by atoms with E-state index in [1.54, 1.807) is 18.2 Å². The minimum absolute atomic E-state index is 0.233. The van der Waals surface area contributed by atoms with Gasteiger partial charge in [0.15, 0.2) is 0 Å². The summed E-state index contributed by atoms with van der Waals surface area (Å²) in [4.78, 5) is 24.0. The van der Waals surface area contributed by atoms with Crippen LogP contribution in [0.15, 0.2) is 30.5 Å². The lowest BCUT2D eigenvalue weighted by molar-refractivity contribution is -0.104. The highest BCUT2D eigenvalue weighted by atomic mass is 16.4. The number of carboxylic acid groups (broad SMARTS) is 1. The van der Waals surface area contributed by atoms with Crippen molar-refractivity contribution in [3.05, 3.63) is 41.6 Å². The average molecular weight is 215 g/mol. The Labute approximate surface area is 91.2 Å². The van der Waals surface area contributed by atoms with E-state index >= 15 is 0 Å². The molecule has 80 valence electrons. The fourth-order valence-corrected chi connectivity index (χ4v) is 1.57. The first-order valence-electron chi connectivity index (χ1n) is 4.68. The highest BCUT2D eigenvalue weighted by Gasteiger charge is 2.09. The molecular weight excluding hydrogens is 206 g/mol. The molecule has 2 N–H and O–H groups in total. The number of aromatic carboxylic acids is 1. The number of hydrogen-bond donors (Lipinski definition) is 2. The molecule has 0 aliphatic heterocycles. The van der Waals surface area contributed by atoms with Crippen LogP contribution in [0.2, 0.25) is 0 Å². The van der Waals surface area contributed by atoms with E-state index in [1.807, 2.05) is 6.07 Å². The van der Waals surface area contributed by atoms with Gasteiger partial charge in [-0.25, -0.2) is 4.79 Å². The largest absolute Gasteiger partial charge is 0.478 e. The predicted molar refractivity (Wildman–Crippen MR) is 60.4 cm³/mol. The summed E-state index contributed by atoms with van der Waals surface area (Å²) in [5.41, 5.74) is 1.79. The second-order valence-electron chi connectivity index (χ2n) is 3.31. The molecule has 0 atom stereocenters. The third-order valence-corrected chi connectivity index (χ3v) is 2.30.